The summed E-state index contributed by atoms with van der Waals surface area (Å²) in [5, 5.41) is 7.20. The summed E-state index contributed by atoms with van der Waals surface area (Å²) in [6.45, 7) is 12.3. The van der Waals surface area contributed by atoms with Gasteiger partial charge in [-0.3, -0.25) is 5.32 Å². The summed E-state index contributed by atoms with van der Waals surface area (Å²) in [5.74, 6) is 1.16. The van der Waals surface area contributed by atoms with E-state index < -0.39 is 17.8 Å². The molecule has 2 heterocycles. The lowest BCUT2D eigenvalue weighted by Crippen LogP contribution is -2.42. The number of pyridine rings is 1. The van der Waals surface area contributed by atoms with Crippen molar-refractivity contribution in [2.24, 2.45) is 11.0 Å². The molecule has 12 nitrogen and oxygen atoms in total. The van der Waals surface area contributed by atoms with Crippen LogP contribution in [0.15, 0.2) is 17.4 Å². The Labute approximate surface area is 228 Å². The molecule has 0 radical (unpaired) electrons. The molecule has 1 aliphatic heterocycles. The number of thioether (sulfide) groups is 1. The van der Waals surface area contributed by atoms with Gasteiger partial charge < -0.3 is 23.8 Å². The van der Waals surface area contributed by atoms with Crippen LogP contribution in [-0.2, 0) is 14.2 Å². The molecule has 2 rings (SSSR count). The molecule has 0 aromatic carbocycles. The van der Waals surface area contributed by atoms with E-state index in [1.807, 2.05) is 27.7 Å². The van der Waals surface area contributed by atoms with Crippen molar-refractivity contribution >= 4 is 40.8 Å². The molecule has 3 amide bonds. The number of hydrogen-bond acceptors (Lipinski definition) is 10. The molecule has 0 unspecified atom stereocenters. The van der Waals surface area contributed by atoms with Gasteiger partial charge in [0.2, 0.25) is 0 Å². The molecule has 1 fully saturated rings. The van der Waals surface area contributed by atoms with Crippen molar-refractivity contribution < 1.29 is 33.3 Å². The number of amides is 3. The number of methoxy groups -OCH3 is 1. The van der Waals surface area contributed by atoms with Crippen LogP contribution in [0.25, 0.3) is 0 Å². The van der Waals surface area contributed by atoms with Gasteiger partial charge in [0.25, 0.3) is 0 Å². The van der Waals surface area contributed by atoms with Crippen LogP contribution >= 0.6 is 11.8 Å². The van der Waals surface area contributed by atoms with Crippen molar-refractivity contribution in [3.63, 3.8) is 0 Å². The molecule has 1 aromatic heterocycles. The van der Waals surface area contributed by atoms with Crippen LogP contribution in [0.3, 0.4) is 0 Å². The highest BCUT2D eigenvalue weighted by Crippen LogP contribution is 2.25. The molecule has 0 aliphatic carbocycles. The van der Waals surface area contributed by atoms with Crippen LogP contribution in [-0.4, -0.2) is 77.5 Å². The number of nitrogens with one attached hydrogen (secondary N) is 2. The summed E-state index contributed by atoms with van der Waals surface area (Å²) in [7, 11) is 1.47. The molecule has 1 aromatic rings. The van der Waals surface area contributed by atoms with Gasteiger partial charge in [-0.1, -0.05) is 6.92 Å². The Hall–Kier alpha value is -3.22. The highest BCUT2D eigenvalue weighted by molar-refractivity contribution is 8.14. The maximum absolute atomic E-state index is 12.3. The molecule has 0 bridgehead atoms. The third kappa shape index (κ3) is 10.6. The van der Waals surface area contributed by atoms with Crippen molar-refractivity contribution in [2.75, 3.05) is 37.9 Å². The van der Waals surface area contributed by atoms with Crippen molar-refractivity contribution in [3.05, 3.63) is 18.0 Å². The van der Waals surface area contributed by atoms with Crippen LogP contribution in [0, 0.1) is 5.92 Å². The maximum Gasteiger partial charge on any atom is 0.427 e. The smallest absolute Gasteiger partial charge is 0.427 e. The highest BCUT2D eigenvalue weighted by atomic mass is 32.2. The second-order valence-electron chi connectivity index (χ2n) is 9.82. The first-order valence-electron chi connectivity index (χ1n) is 12.5. The number of likely N-dealkylation sites (tertiary alicyclic amines) is 1. The minimum atomic E-state index is -0.692. The van der Waals surface area contributed by atoms with Crippen LogP contribution in [0.4, 0.5) is 20.1 Å². The lowest BCUT2D eigenvalue weighted by atomic mass is 9.98. The average Bonchev–Trinajstić information content (AvgIpc) is 2.84. The second kappa shape index (κ2) is 14.6. The average molecular weight is 554 g/mol. The van der Waals surface area contributed by atoms with Crippen molar-refractivity contribution in [2.45, 2.75) is 66.1 Å². The SMILES string of the molecule is CCS/C(=N\NC(=O)OCC1CCN(C(=O)OC(C)(C)C)CC1)c1ncc(NC(=O)OC(C)C)cc1OC. The minimum absolute atomic E-state index is 0.136. The Bertz CT molecular complexity index is 989. The molecular weight excluding hydrogens is 514 g/mol. The second-order valence-corrected chi connectivity index (χ2v) is 11.1. The zero-order valence-corrected chi connectivity index (χ0v) is 24.0. The van der Waals surface area contributed by atoms with Crippen molar-refractivity contribution in [3.8, 4) is 5.75 Å². The Morgan fingerprint density at radius 2 is 1.89 bits per heavy atom. The highest BCUT2D eigenvalue weighted by Gasteiger charge is 2.27. The first-order valence-corrected chi connectivity index (χ1v) is 13.5. The number of piperidine rings is 1. The topological polar surface area (TPSA) is 141 Å². The normalized spacial score (nSPS) is 14.6. The molecule has 13 heteroatoms. The van der Waals surface area contributed by atoms with E-state index in [4.69, 9.17) is 18.9 Å². The fourth-order valence-corrected chi connectivity index (χ4v) is 4.09. The monoisotopic (exact) mass is 553 g/mol. The predicted molar refractivity (Wildman–Crippen MR) is 146 cm³/mol. The van der Waals surface area contributed by atoms with Crippen LogP contribution < -0.4 is 15.5 Å². The van der Waals surface area contributed by atoms with E-state index in [-0.39, 0.29) is 24.7 Å². The number of rotatable bonds is 8. The van der Waals surface area contributed by atoms with Crippen LogP contribution in [0.1, 0.15) is 60.1 Å². The van der Waals surface area contributed by atoms with E-state index >= 15 is 0 Å². The largest absolute Gasteiger partial charge is 0.494 e. The fourth-order valence-electron chi connectivity index (χ4n) is 3.41. The maximum atomic E-state index is 12.3. The minimum Gasteiger partial charge on any atom is -0.494 e. The molecule has 212 valence electrons. The summed E-state index contributed by atoms with van der Waals surface area (Å²) in [4.78, 5) is 42.4. The molecule has 2 N–H and O–H groups in total. The van der Waals surface area contributed by atoms with Gasteiger partial charge in [-0.05, 0) is 59.1 Å². The number of hydrogen-bond donors (Lipinski definition) is 2. The number of carbonyl (C=O) groups is 3. The molecule has 0 atom stereocenters. The summed E-state index contributed by atoms with van der Waals surface area (Å²) in [6, 6.07) is 1.59. The van der Waals surface area contributed by atoms with Gasteiger partial charge in [-0.25, -0.2) is 24.8 Å². The third-order valence-corrected chi connectivity index (χ3v) is 5.96. The quantitative estimate of drug-likeness (QED) is 0.200. The summed E-state index contributed by atoms with van der Waals surface area (Å²) in [5.41, 5.74) is 2.67. The van der Waals surface area contributed by atoms with Gasteiger partial charge in [0.1, 0.15) is 22.1 Å². The molecule has 0 saturated carbocycles. The van der Waals surface area contributed by atoms with E-state index in [9.17, 15) is 14.4 Å². The van der Waals surface area contributed by atoms with Crippen molar-refractivity contribution in [1.29, 1.82) is 0 Å². The van der Waals surface area contributed by atoms with E-state index in [0.717, 1.165) is 0 Å². The lowest BCUT2D eigenvalue weighted by molar-refractivity contribution is 0.0149. The number of anilines is 1. The predicted octanol–water partition coefficient (Wildman–Crippen LogP) is 4.84. The van der Waals surface area contributed by atoms with Gasteiger partial charge in [0, 0.05) is 19.2 Å². The molecule has 1 saturated heterocycles. The Morgan fingerprint density at radius 1 is 1.21 bits per heavy atom. The van der Waals surface area contributed by atoms with Crippen molar-refractivity contribution in [1.82, 2.24) is 15.3 Å². The van der Waals surface area contributed by atoms with Crippen LogP contribution in [0.5, 0.6) is 5.75 Å². The third-order valence-electron chi connectivity index (χ3n) is 5.11. The molecule has 38 heavy (non-hydrogen) atoms. The fraction of sp³-hybridized carbons (Fsp3) is 0.640. The summed E-state index contributed by atoms with van der Waals surface area (Å²) >= 11 is 1.36. The number of hydrazone groups is 1. The number of ether oxygens (including phenoxy) is 4. The van der Waals surface area contributed by atoms with Gasteiger partial charge in [-0.2, -0.15) is 5.10 Å². The molecular formula is C25H39N5O7S. The molecule has 0 spiro atoms. The lowest BCUT2D eigenvalue weighted by Gasteiger charge is -2.33. The van der Waals surface area contributed by atoms with E-state index in [1.165, 1.54) is 25.1 Å². The first-order chi connectivity index (χ1) is 17.9. The first kappa shape index (κ1) is 31.0. The van der Waals surface area contributed by atoms with E-state index in [2.05, 4.69) is 20.8 Å². The standard InChI is InChI=1S/C25H39N5O7S/c1-8-38-21(20-19(34-7)13-18(14-26-20)27-22(31)36-16(2)3)28-29-23(32)35-15-17-9-11-30(12-10-17)24(33)37-25(4,5)6/h13-14,16-17H,8-12,15H2,1-7H3,(H,27,31)(H,29,32)/b28-21-. The van der Waals surface area contributed by atoms with E-state index in [1.54, 1.807) is 24.8 Å². The van der Waals surface area contributed by atoms with Gasteiger partial charge in [0.15, 0.2) is 0 Å². The summed E-state index contributed by atoms with van der Waals surface area (Å²) in [6.07, 6.45) is 0.981. The van der Waals surface area contributed by atoms with Gasteiger partial charge in [0.05, 0.1) is 31.7 Å². The van der Waals surface area contributed by atoms with Gasteiger partial charge >= 0.3 is 18.3 Å². The zero-order chi connectivity index (χ0) is 28.3. The van der Waals surface area contributed by atoms with Gasteiger partial charge in [-0.15, -0.1) is 11.8 Å². The summed E-state index contributed by atoms with van der Waals surface area (Å²) < 4.78 is 21.3. The Balaban J connectivity index is 1.92. The Kier molecular flexibility index (Phi) is 11.9. The zero-order valence-electron chi connectivity index (χ0n) is 23.2. The van der Waals surface area contributed by atoms with E-state index in [0.29, 0.717) is 53.9 Å². The number of carbonyl (C=O) groups excluding carboxylic acids is 3. The molecule has 1 aliphatic rings. The number of aromatic nitrogens is 1. The van der Waals surface area contributed by atoms with Crippen LogP contribution in [0.2, 0.25) is 0 Å². The Morgan fingerprint density at radius 3 is 2.47 bits per heavy atom. The number of nitrogens with zero attached hydrogens (tertiary/aromatic N) is 3.